The molecule has 1 unspecified atom stereocenters. The lowest BCUT2D eigenvalue weighted by Gasteiger charge is -2.10. The number of alkyl halides is 3. The van der Waals surface area contributed by atoms with Gasteiger partial charge in [0.1, 0.15) is 5.92 Å². The summed E-state index contributed by atoms with van der Waals surface area (Å²) in [6.07, 6.45) is -3.61. The Morgan fingerprint density at radius 3 is 2.62 bits per heavy atom. The summed E-state index contributed by atoms with van der Waals surface area (Å²) in [5.74, 6) is -1.94. The van der Waals surface area contributed by atoms with Gasteiger partial charge in [-0.1, -0.05) is 0 Å². The van der Waals surface area contributed by atoms with Gasteiger partial charge in [0.25, 0.3) is 5.91 Å². The van der Waals surface area contributed by atoms with E-state index >= 15 is 0 Å². The number of amides is 1. The molecule has 2 rings (SSSR count). The molecule has 1 atom stereocenters. The second kappa shape index (κ2) is 8.58. The lowest BCUT2D eigenvalue weighted by Crippen LogP contribution is -2.25. The van der Waals surface area contributed by atoms with E-state index in [9.17, 15) is 22.8 Å². The van der Waals surface area contributed by atoms with Crippen LogP contribution in [-0.4, -0.2) is 23.2 Å². The van der Waals surface area contributed by atoms with Crippen LogP contribution in [0.25, 0.3) is 0 Å². The van der Waals surface area contributed by atoms with Crippen LogP contribution in [0.5, 0.6) is 0 Å². The quantitative estimate of drug-likeness (QED) is 0.744. The van der Waals surface area contributed by atoms with Crippen LogP contribution in [0.4, 0.5) is 13.2 Å². The molecule has 1 N–H and O–H groups in total. The molecule has 0 fully saturated rings. The molecule has 5 nitrogen and oxygen atoms in total. The summed E-state index contributed by atoms with van der Waals surface area (Å²) >= 11 is 1.39. The van der Waals surface area contributed by atoms with E-state index in [0.717, 1.165) is 12.1 Å². The van der Waals surface area contributed by atoms with Crippen LogP contribution in [0, 0.1) is 11.3 Å². The maximum atomic E-state index is 12.5. The van der Waals surface area contributed by atoms with Crippen molar-refractivity contribution in [3.05, 3.63) is 52.0 Å². The zero-order chi connectivity index (χ0) is 19.2. The SMILES string of the molecule is N#CC(C(=O)CCCNC(=O)c1ccsc1)c1ccc(C(F)(F)F)cn1. The Labute approximate surface area is 151 Å². The van der Waals surface area contributed by atoms with Crippen LogP contribution in [-0.2, 0) is 11.0 Å². The van der Waals surface area contributed by atoms with E-state index in [0.29, 0.717) is 18.2 Å². The molecule has 0 aliphatic carbocycles. The molecule has 2 aromatic heterocycles. The Balaban J connectivity index is 1.86. The lowest BCUT2D eigenvalue weighted by molar-refractivity contribution is -0.137. The molecule has 1 amide bonds. The van der Waals surface area contributed by atoms with Gasteiger partial charge in [-0.05, 0) is 30.0 Å². The van der Waals surface area contributed by atoms with Crippen LogP contribution in [0.15, 0.2) is 35.2 Å². The van der Waals surface area contributed by atoms with Gasteiger partial charge in [-0.15, -0.1) is 0 Å². The monoisotopic (exact) mass is 381 g/mol. The predicted molar refractivity (Wildman–Crippen MR) is 88.5 cm³/mol. The van der Waals surface area contributed by atoms with Crippen molar-refractivity contribution in [2.45, 2.75) is 24.9 Å². The minimum Gasteiger partial charge on any atom is -0.352 e. The summed E-state index contributed by atoms with van der Waals surface area (Å²) in [6.45, 7) is 0.249. The molecule has 9 heteroatoms. The van der Waals surface area contributed by atoms with Gasteiger partial charge in [-0.25, -0.2) is 0 Å². The van der Waals surface area contributed by atoms with Gasteiger partial charge in [-0.2, -0.15) is 29.8 Å². The molecule has 0 radical (unpaired) electrons. The number of carbonyl (C=O) groups excluding carboxylic acids is 2. The number of ketones is 1. The number of rotatable bonds is 7. The Hall–Kier alpha value is -2.73. The van der Waals surface area contributed by atoms with E-state index in [2.05, 4.69) is 10.3 Å². The number of thiophene rings is 1. The van der Waals surface area contributed by atoms with Crippen LogP contribution < -0.4 is 5.32 Å². The average Bonchev–Trinajstić information content (AvgIpc) is 3.13. The van der Waals surface area contributed by atoms with Gasteiger partial charge in [0, 0.05) is 30.1 Å². The van der Waals surface area contributed by atoms with Crippen LogP contribution >= 0.6 is 11.3 Å². The lowest BCUT2D eigenvalue weighted by atomic mass is 9.97. The van der Waals surface area contributed by atoms with Gasteiger partial charge in [0.05, 0.1) is 17.3 Å². The van der Waals surface area contributed by atoms with E-state index in [-0.39, 0.29) is 24.6 Å². The first-order chi connectivity index (χ1) is 12.3. The number of Topliss-reactive ketones (excluding diaryl/α,β-unsaturated/α-hetero) is 1. The molecule has 0 bridgehead atoms. The van der Waals surface area contributed by atoms with Gasteiger partial charge < -0.3 is 5.32 Å². The van der Waals surface area contributed by atoms with E-state index in [1.165, 1.54) is 11.3 Å². The first kappa shape index (κ1) is 19.6. The predicted octanol–water partition coefficient (Wildman–Crippen LogP) is 3.55. The van der Waals surface area contributed by atoms with Crippen molar-refractivity contribution in [2.24, 2.45) is 0 Å². The molecular weight excluding hydrogens is 367 g/mol. The highest BCUT2D eigenvalue weighted by atomic mass is 32.1. The van der Waals surface area contributed by atoms with Crippen molar-refractivity contribution in [1.29, 1.82) is 5.26 Å². The van der Waals surface area contributed by atoms with Crippen molar-refractivity contribution in [1.82, 2.24) is 10.3 Å². The van der Waals surface area contributed by atoms with Gasteiger partial charge >= 0.3 is 6.18 Å². The molecule has 0 aromatic carbocycles. The average molecular weight is 381 g/mol. The maximum absolute atomic E-state index is 12.5. The Morgan fingerprint density at radius 1 is 1.31 bits per heavy atom. The summed E-state index contributed by atoms with van der Waals surface area (Å²) in [5, 5.41) is 15.3. The summed E-state index contributed by atoms with van der Waals surface area (Å²) in [4.78, 5) is 27.5. The van der Waals surface area contributed by atoms with Gasteiger partial charge in [0.2, 0.25) is 0 Å². The third-order valence-corrected chi connectivity index (χ3v) is 4.21. The number of hydrogen-bond donors (Lipinski definition) is 1. The van der Waals surface area contributed by atoms with E-state index in [1.807, 2.05) is 0 Å². The van der Waals surface area contributed by atoms with Crippen molar-refractivity contribution >= 4 is 23.0 Å². The second-order valence-corrected chi connectivity index (χ2v) is 6.15. The molecule has 2 aromatic rings. The van der Waals surface area contributed by atoms with E-state index < -0.39 is 23.4 Å². The summed E-state index contributed by atoms with van der Waals surface area (Å²) in [6, 6.07) is 5.27. The summed E-state index contributed by atoms with van der Waals surface area (Å²) < 4.78 is 37.6. The fourth-order valence-corrected chi connectivity index (χ4v) is 2.79. The van der Waals surface area contributed by atoms with Crippen molar-refractivity contribution in [3.63, 3.8) is 0 Å². The number of nitrogens with one attached hydrogen (secondary N) is 1. The molecule has 0 aliphatic rings. The highest BCUT2D eigenvalue weighted by molar-refractivity contribution is 7.08. The molecule has 0 spiro atoms. The second-order valence-electron chi connectivity index (χ2n) is 5.37. The number of nitriles is 1. The molecule has 0 aliphatic heterocycles. The minimum absolute atomic E-state index is 0.00481. The molecule has 0 saturated carbocycles. The fraction of sp³-hybridized carbons (Fsp3) is 0.294. The normalized spacial score (nSPS) is 12.2. The Bertz CT molecular complexity index is 796. The molecule has 2 heterocycles. The smallest absolute Gasteiger partial charge is 0.352 e. The van der Waals surface area contributed by atoms with E-state index in [4.69, 9.17) is 5.26 Å². The number of carbonyl (C=O) groups is 2. The summed E-state index contributed by atoms with van der Waals surface area (Å²) in [5.41, 5.74) is -0.431. The highest BCUT2D eigenvalue weighted by Gasteiger charge is 2.31. The zero-order valence-electron chi connectivity index (χ0n) is 13.4. The topological polar surface area (TPSA) is 82.9 Å². The van der Waals surface area contributed by atoms with Crippen LogP contribution in [0.1, 0.15) is 40.4 Å². The first-order valence-electron chi connectivity index (χ1n) is 7.59. The Morgan fingerprint density at radius 2 is 2.08 bits per heavy atom. The Kier molecular flexibility index (Phi) is 6.46. The van der Waals surface area contributed by atoms with Gasteiger partial charge in [-0.3, -0.25) is 14.6 Å². The number of hydrogen-bond acceptors (Lipinski definition) is 5. The standard InChI is InChI=1S/C17H14F3N3O2S/c18-17(19,20)12-3-4-14(23-9-12)13(8-21)15(24)2-1-6-22-16(25)11-5-7-26-10-11/h3-5,7,9-10,13H,1-2,6H2,(H,22,25). The number of pyridine rings is 1. The van der Waals surface area contributed by atoms with Gasteiger partial charge in [0.15, 0.2) is 5.78 Å². The van der Waals surface area contributed by atoms with Crippen molar-refractivity contribution in [3.8, 4) is 6.07 Å². The third kappa shape index (κ3) is 5.13. The molecular formula is C17H14F3N3O2S. The minimum atomic E-state index is -4.53. The number of halogens is 3. The van der Waals surface area contributed by atoms with Crippen molar-refractivity contribution < 1.29 is 22.8 Å². The third-order valence-electron chi connectivity index (χ3n) is 3.53. The van der Waals surface area contributed by atoms with Crippen LogP contribution in [0.3, 0.4) is 0 Å². The van der Waals surface area contributed by atoms with Crippen LogP contribution in [0.2, 0.25) is 0 Å². The molecule has 136 valence electrons. The fourth-order valence-electron chi connectivity index (χ4n) is 2.15. The molecule has 0 saturated heterocycles. The number of aromatic nitrogens is 1. The number of nitrogens with zero attached hydrogens (tertiary/aromatic N) is 2. The molecule has 26 heavy (non-hydrogen) atoms. The summed E-state index contributed by atoms with van der Waals surface area (Å²) in [7, 11) is 0. The largest absolute Gasteiger partial charge is 0.417 e. The highest BCUT2D eigenvalue weighted by Crippen LogP contribution is 2.29. The first-order valence-corrected chi connectivity index (χ1v) is 8.53. The maximum Gasteiger partial charge on any atom is 0.417 e. The van der Waals surface area contributed by atoms with Crippen molar-refractivity contribution in [2.75, 3.05) is 6.54 Å². The zero-order valence-corrected chi connectivity index (χ0v) is 14.2. The van der Waals surface area contributed by atoms with E-state index in [1.54, 1.807) is 22.9 Å².